The van der Waals surface area contributed by atoms with Gasteiger partial charge in [0, 0.05) is 11.3 Å². The van der Waals surface area contributed by atoms with E-state index in [0.29, 0.717) is 11.4 Å². The summed E-state index contributed by atoms with van der Waals surface area (Å²) in [5, 5.41) is 4.09. The number of hydrogen-bond acceptors (Lipinski definition) is 5. The molecule has 2 N–H and O–H groups in total. The summed E-state index contributed by atoms with van der Waals surface area (Å²) in [4.78, 5) is 12.3. The molecular formula is C20H21N3O4S. The molecule has 0 unspecified atom stereocenters. The van der Waals surface area contributed by atoms with Gasteiger partial charge < -0.3 is 4.74 Å². The maximum atomic E-state index is 12.6. The molecule has 1 amide bonds. The molecule has 0 saturated carbocycles. The van der Waals surface area contributed by atoms with Crippen molar-refractivity contribution in [1.82, 2.24) is 5.43 Å². The van der Waals surface area contributed by atoms with Gasteiger partial charge in [0.1, 0.15) is 5.75 Å². The number of nitrogens with zero attached hydrogens (tertiary/aromatic N) is 1. The zero-order chi connectivity index (χ0) is 20.1. The van der Waals surface area contributed by atoms with E-state index < -0.39 is 15.9 Å². The van der Waals surface area contributed by atoms with Gasteiger partial charge in [-0.1, -0.05) is 11.6 Å². The second kappa shape index (κ2) is 8.26. The lowest BCUT2D eigenvalue weighted by Crippen LogP contribution is -2.20. The van der Waals surface area contributed by atoms with Crippen LogP contribution < -0.4 is 14.9 Å². The number of hydrazone groups is 1. The summed E-state index contributed by atoms with van der Waals surface area (Å²) in [5.41, 5.74) is 5.10. The van der Waals surface area contributed by atoms with Crippen molar-refractivity contribution in [2.75, 3.05) is 11.8 Å². The quantitative estimate of drug-likeness (QED) is 0.728. The molecule has 0 aliphatic heterocycles. The van der Waals surface area contributed by atoms with Crippen molar-refractivity contribution >= 4 is 27.3 Å². The summed E-state index contributed by atoms with van der Waals surface area (Å²) in [7, 11) is -2.31. The third kappa shape index (κ3) is 4.77. The monoisotopic (exact) mass is 399 g/mol. The molecule has 8 heteroatoms. The SMILES string of the molecule is COc1ccc(NS(=O)(=O)c2cccc(C(=O)N/N=C3\C=C(C)CC3)c2)cc1. The largest absolute Gasteiger partial charge is 0.497 e. The first kappa shape index (κ1) is 19.6. The van der Waals surface area contributed by atoms with Gasteiger partial charge in [0.05, 0.1) is 17.7 Å². The Kier molecular flexibility index (Phi) is 5.79. The molecule has 0 saturated heterocycles. The van der Waals surface area contributed by atoms with Crippen LogP contribution in [0, 0.1) is 0 Å². The van der Waals surface area contributed by atoms with E-state index in [1.54, 1.807) is 24.3 Å². The van der Waals surface area contributed by atoms with Gasteiger partial charge in [-0.05, 0) is 68.3 Å². The Labute approximate surface area is 164 Å². The molecule has 146 valence electrons. The molecule has 28 heavy (non-hydrogen) atoms. The number of amides is 1. The van der Waals surface area contributed by atoms with Crippen molar-refractivity contribution in [2.45, 2.75) is 24.7 Å². The molecular weight excluding hydrogens is 378 g/mol. The third-order valence-corrected chi connectivity index (χ3v) is 5.62. The fraction of sp³-hybridized carbons (Fsp3) is 0.200. The van der Waals surface area contributed by atoms with Crippen molar-refractivity contribution in [3.05, 3.63) is 65.7 Å². The fourth-order valence-corrected chi connectivity index (χ4v) is 3.81. The zero-order valence-corrected chi connectivity index (χ0v) is 16.4. The van der Waals surface area contributed by atoms with Crippen molar-refractivity contribution in [1.29, 1.82) is 0 Å². The van der Waals surface area contributed by atoms with Crippen LogP contribution in [0.3, 0.4) is 0 Å². The second-order valence-corrected chi connectivity index (χ2v) is 8.08. The lowest BCUT2D eigenvalue weighted by molar-refractivity contribution is 0.0954. The highest BCUT2D eigenvalue weighted by Crippen LogP contribution is 2.20. The van der Waals surface area contributed by atoms with Crippen LogP contribution in [0.5, 0.6) is 5.75 Å². The fourth-order valence-electron chi connectivity index (χ4n) is 2.71. The van der Waals surface area contributed by atoms with E-state index in [1.165, 1.54) is 36.9 Å². The number of rotatable bonds is 6. The van der Waals surface area contributed by atoms with Crippen LogP contribution in [0.4, 0.5) is 5.69 Å². The smallest absolute Gasteiger partial charge is 0.271 e. The predicted octanol–water partition coefficient (Wildman–Crippen LogP) is 3.32. The molecule has 2 aromatic rings. The molecule has 0 spiro atoms. The summed E-state index contributed by atoms with van der Waals surface area (Å²) >= 11 is 0. The van der Waals surface area contributed by atoms with E-state index in [0.717, 1.165) is 18.6 Å². The molecule has 0 aromatic heterocycles. The lowest BCUT2D eigenvalue weighted by atomic mass is 10.2. The average Bonchev–Trinajstić information content (AvgIpc) is 3.12. The van der Waals surface area contributed by atoms with Crippen molar-refractivity contribution in [3.8, 4) is 5.75 Å². The molecule has 2 aromatic carbocycles. The predicted molar refractivity (Wildman–Crippen MR) is 108 cm³/mol. The molecule has 0 fully saturated rings. The van der Waals surface area contributed by atoms with Gasteiger partial charge in [-0.15, -0.1) is 0 Å². The molecule has 3 rings (SSSR count). The summed E-state index contributed by atoms with van der Waals surface area (Å²) in [5.74, 6) is 0.155. The zero-order valence-electron chi connectivity index (χ0n) is 15.6. The summed E-state index contributed by atoms with van der Waals surface area (Å²) in [6.45, 7) is 2.01. The third-order valence-electron chi connectivity index (χ3n) is 4.24. The summed E-state index contributed by atoms with van der Waals surface area (Å²) in [6.07, 6.45) is 3.64. The molecule has 1 aliphatic rings. The van der Waals surface area contributed by atoms with E-state index in [2.05, 4.69) is 15.2 Å². The van der Waals surface area contributed by atoms with Gasteiger partial charge in [-0.2, -0.15) is 5.10 Å². The average molecular weight is 399 g/mol. The van der Waals surface area contributed by atoms with Crippen LogP contribution in [-0.2, 0) is 10.0 Å². The Morgan fingerprint density at radius 3 is 2.50 bits per heavy atom. The standard InChI is InChI=1S/C20H21N3O4S/c1-14-6-7-17(12-14)21-22-20(24)15-4-3-5-19(13-15)28(25,26)23-16-8-10-18(27-2)11-9-16/h3-5,8-13,23H,6-7H2,1-2H3,(H,22,24)/b21-17-. The first-order chi connectivity index (χ1) is 13.4. The molecule has 0 atom stereocenters. The maximum Gasteiger partial charge on any atom is 0.271 e. The molecule has 0 radical (unpaired) electrons. The van der Waals surface area contributed by atoms with Crippen molar-refractivity contribution in [2.24, 2.45) is 5.10 Å². The minimum Gasteiger partial charge on any atom is -0.497 e. The highest BCUT2D eigenvalue weighted by Gasteiger charge is 2.17. The molecule has 0 bridgehead atoms. The number of ether oxygens (including phenoxy) is 1. The maximum absolute atomic E-state index is 12.6. The number of sulfonamides is 1. The topological polar surface area (TPSA) is 96.9 Å². The van der Waals surface area contributed by atoms with Crippen LogP contribution in [0.2, 0.25) is 0 Å². The normalized spacial score (nSPS) is 15.2. The van der Waals surface area contributed by atoms with Gasteiger partial charge in [-0.3, -0.25) is 9.52 Å². The van der Waals surface area contributed by atoms with Crippen molar-refractivity contribution < 1.29 is 17.9 Å². The minimum atomic E-state index is -3.84. The van der Waals surface area contributed by atoms with Crippen molar-refractivity contribution in [3.63, 3.8) is 0 Å². The van der Waals surface area contributed by atoms with E-state index in [9.17, 15) is 13.2 Å². The number of nitrogens with one attached hydrogen (secondary N) is 2. The van der Waals surface area contributed by atoms with E-state index in [-0.39, 0.29) is 10.5 Å². The summed E-state index contributed by atoms with van der Waals surface area (Å²) < 4.78 is 32.8. The number of hydrogen-bond donors (Lipinski definition) is 2. The van der Waals surface area contributed by atoms with Crippen LogP contribution in [0.25, 0.3) is 0 Å². The highest BCUT2D eigenvalue weighted by molar-refractivity contribution is 7.92. The van der Waals surface area contributed by atoms with E-state index >= 15 is 0 Å². The molecule has 0 heterocycles. The van der Waals surface area contributed by atoms with Gasteiger partial charge in [0.2, 0.25) is 0 Å². The van der Waals surface area contributed by atoms with Gasteiger partial charge in [0.25, 0.3) is 15.9 Å². The number of benzene rings is 2. The van der Waals surface area contributed by atoms with Crippen LogP contribution in [0.15, 0.2) is 70.2 Å². The Hall–Kier alpha value is -3.13. The first-order valence-electron chi connectivity index (χ1n) is 8.68. The van der Waals surface area contributed by atoms with E-state index in [4.69, 9.17) is 4.74 Å². The second-order valence-electron chi connectivity index (χ2n) is 6.40. The van der Waals surface area contributed by atoms with Crippen LogP contribution >= 0.6 is 0 Å². The molecule has 7 nitrogen and oxygen atoms in total. The number of allylic oxidation sites excluding steroid dienone is 2. The lowest BCUT2D eigenvalue weighted by Gasteiger charge is -2.10. The van der Waals surface area contributed by atoms with Gasteiger partial charge in [0.15, 0.2) is 0 Å². The number of anilines is 1. The number of methoxy groups -OCH3 is 1. The van der Waals surface area contributed by atoms with E-state index in [1.807, 2.05) is 13.0 Å². The number of carbonyl (C=O) groups is 1. The minimum absolute atomic E-state index is 0.0137. The Morgan fingerprint density at radius 2 is 1.86 bits per heavy atom. The Balaban J connectivity index is 1.74. The van der Waals surface area contributed by atoms with Crippen LogP contribution in [-0.4, -0.2) is 27.1 Å². The van der Waals surface area contributed by atoms with Crippen LogP contribution in [0.1, 0.15) is 30.1 Å². The molecule has 1 aliphatic carbocycles. The van der Waals surface area contributed by atoms with Gasteiger partial charge in [-0.25, -0.2) is 13.8 Å². The highest BCUT2D eigenvalue weighted by atomic mass is 32.2. The Morgan fingerprint density at radius 1 is 1.11 bits per heavy atom. The Bertz CT molecular complexity index is 1040. The van der Waals surface area contributed by atoms with Gasteiger partial charge >= 0.3 is 0 Å². The summed E-state index contributed by atoms with van der Waals surface area (Å²) in [6, 6.07) is 12.3. The first-order valence-corrected chi connectivity index (χ1v) is 10.2. The number of carbonyl (C=O) groups excluding carboxylic acids is 1.